The molecule has 2 fully saturated rings. The monoisotopic (exact) mass is 474 g/mol. The average Bonchev–Trinajstić information content (AvgIpc) is 2.80. The van der Waals surface area contributed by atoms with Gasteiger partial charge in [-0.2, -0.15) is 5.26 Å². The minimum absolute atomic E-state index is 0.0427. The van der Waals surface area contributed by atoms with Gasteiger partial charge in [0.05, 0.1) is 28.7 Å². The first-order chi connectivity index (χ1) is 15.9. The first-order valence-corrected chi connectivity index (χ1v) is 12.4. The van der Waals surface area contributed by atoms with E-state index < -0.39 is 10.0 Å². The molecule has 0 radical (unpaired) electrons. The van der Waals surface area contributed by atoms with Crippen LogP contribution < -0.4 is 9.46 Å². The average molecular weight is 475 g/mol. The molecule has 0 spiro atoms. The Labute approximate surface area is 193 Å². The predicted molar refractivity (Wildman–Crippen MR) is 120 cm³/mol. The summed E-state index contributed by atoms with van der Waals surface area (Å²) in [6.45, 7) is 4.93. The van der Waals surface area contributed by atoms with Gasteiger partial charge >= 0.3 is 0 Å². The Hall–Kier alpha value is -2.55. The number of morpholine rings is 2. The summed E-state index contributed by atoms with van der Waals surface area (Å²) >= 11 is 0. The van der Waals surface area contributed by atoms with E-state index in [1.807, 2.05) is 6.07 Å². The third kappa shape index (κ3) is 6.28. The van der Waals surface area contributed by atoms with Crippen LogP contribution in [-0.4, -0.2) is 82.8 Å². The second-order valence-electron chi connectivity index (χ2n) is 8.21. The number of rotatable bonds is 9. The predicted octanol–water partition coefficient (Wildman–Crippen LogP) is 1.44. The van der Waals surface area contributed by atoms with Crippen LogP contribution in [0.1, 0.15) is 5.56 Å². The van der Waals surface area contributed by atoms with Crippen molar-refractivity contribution in [2.45, 2.75) is 17.1 Å². The Morgan fingerprint density at radius 3 is 2.30 bits per heavy atom. The van der Waals surface area contributed by atoms with Gasteiger partial charge in [-0.15, -0.1) is 0 Å². The minimum atomic E-state index is -3.62. The number of hydrogen-bond donors (Lipinski definition) is 1. The summed E-state index contributed by atoms with van der Waals surface area (Å²) in [5.74, 6) is -0.0950. The lowest BCUT2D eigenvalue weighted by Gasteiger charge is -2.45. The van der Waals surface area contributed by atoms with E-state index in [2.05, 4.69) is 14.5 Å². The molecule has 2 aromatic carbocycles. The van der Waals surface area contributed by atoms with Crippen molar-refractivity contribution in [1.82, 2.24) is 14.5 Å². The number of ether oxygens (including phenoxy) is 2. The maximum Gasteiger partial charge on any atom is 0.240 e. The van der Waals surface area contributed by atoms with Crippen molar-refractivity contribution in [2.24, 2.45) is 0 Å². The fraction of sp³-hybridized carbons (Fsp3) is 0.435. The number of halogens is 1. The summed E-state index contributed by atoms with van der Waals surface area (Å²) in [6, 6.07) is 14.2. The molecule has 2 saturated heterocycles. The highest BCUT2D eigenvalue weighted by Gasteiger charge is 2.34. The molecule has 4 rings (SSSR count). The van der Waals surface area contributed by atoms with Crippen LogP contribution in [0, 0.1) is 17.1 Å². The zero-order valence-electron chi connectivity index (χ0n) is 18.2. The summed E-state index contributed by atoms with van der Waals surface area (Å²) in [5, 5.41) is 8.85. The van der Waals surface area contributed by atoms with Crippen molar-refractivity contribution in [3.8, 4) is 11.8 Å². The zero-order chi connectivity index (χ0) is 23.3. The van der Waals surface area contributed by atoms with E-state index in [-0.39, 0.29) is 28.7 Å². The van der Waals surface area contributed by atoms with Crippen LogP contribution in [0.2, 0.25) is 0 Å². The molecular weight excluding hydrogens is 447 g/mol. The molecular formula is C23H27FN4O4S. The maximum atomic E-state index is 13.7. The van der Waals surface area contributed by atoms with E-state index in [9.17, 15) is 12.8 Å². The van der Waals surface area contributed by atoms with Crippen LogP contribution in [0.15, 0.2) is 53.4 Å². The van der Waals surface area contributed by atoms with Gasteiger partial charge in [0.15, 0.2) is 11.6 Å². The maximum absolute atomic E-state index is 13.7. The number of fused-ring (bicyclic) bond motifs is 2. The number of sulfonamides is 1. The molecule has 2 aromatic rings. The van der Waals surface area contributed by atoms with Gasteiger partial charge in [-0.1, -0.05) is 12.1 Å². The van der Waals surface area contributed by atoms with Crippen molar-refractivity contribution in [3.05, 3.63) is 59.9 Å². The van der Waals surface area contributed by atoms with Gasteiger partial charge in [-0.25, -0.2) is 17.5 Å². The van der Waals surface area contributed by atoms with Crippen molar-refractivity contribution in [1.29, 1.82) is 5.26 Å². The topological polar surface area (TPSA) is 94.9 Å². The highest BCUT2D eigenvalue weighted by molar-refractivity contribution is 7.89. The van der Waals surface area contributed by atoms with Crippen LogP contribution in [0.5, 0.6) is 5.75 Å². The summed E-state index contributed by atoms with van der Waals surface area (Å²) < 4.78 is 52.8. The molecule has 0 saturated carbocycles. The third-order valence-corrected chi connectivity index (χ3v) is 7.22. The largest absolute Gasteiger partial charge is 0.489 e. The van der Waals surface area contributed by atoms with Crippen LogP contribution in [0.3, 0.4) is 0 Å². The first-order valence-electron chi connectivity index (χ1n) is 10.9. The fourth-order valence-electron chi connectivity index (χ4n) is 4.20. The highest BCUT2D eigenvalue weighted by Crippen LogP contribution is 2.20. The van der Waals surface area contributed by atoms with Crippen molar-refractivity contribution in [2.75, 3.05) is 52.4 Å². The van der Waals surface area contributed by atoms with Crippen LogP contribution in [0.25, 0.3) is 0 Å². The number of nitriles is 1. The van der Waals surface area contributed by atoms with E-state index >= 15 is 0 Å². The van der Waals surface area contributed by atoms with Crippen LogP contribution in [-0.2, 0) is 14.8 Å². The van der Waals surface area contributed by atoms with Gasteiger partial charge in [-0.3, -0.25) is 9.80 Å². The molecule has 0 aromatic heterocycles. The van der Waals surface area contributed by atoms with E-state index in [1.54, 1.807) is 18.2 Å². The number of para-hydroxylation sites is 1. The Morgan fingerprint density at radius 1 is 1.03 bits per heavy atom. The van der Waals surface area contributed by atoms with Crippen molar-refractivity contribution in [3.63, 3.8) is 0 Å². The fourth-order valence-corrected chi connectivity index (χ4v) is 5.22. The lowest BCUT2D eigenvalue weighted by molar-refractivity contribution is -0.138. The minimum Gasteiger partial charge on any atom is -0.489 e. The standard InChI is InChI=1S/C23H27FN4O4S/c24-22-3-1-2-4-23(22)31-12-11-28-16-19-14-27(15-20(17-28)32-19)10-9-26-33(29,30)21-7-5-18(13-25)6-8-21/h1-8,19-20,26H,9-12,14-17H2. The normalized spacial score (nSPS) is 21.5. The Morgan fingerprint density at radius 2 is 1.67 bits per heavy atom. The molecule has 2 heterocycles. The Kier molecular flexibility index (Phi) is 7.57. The number of hydrogen-bond acceptors (Lipinski definition) is 7. The third-order valence-electron chi connectivity index (χ3n) is 5.75. The summed E-state index contributed by atoms with van der Waals surface area (Å²) in [7, 11) is -3.62. The van der Waals surface area contributed by atoms with Crippen LogP contribution in [0.4, 0.5) is 4.39 Å². The van der Waals surface area contributed by atoms with Crippen LogP contribution >= 0.6 is 0 Å². The lowest BCUT2D eigenvalue weighted by Crippen LogP contribution is -2.60. The second kappa shape index (κ2) is 10.6. The van der Waals surface area contributed by atoms with Gasteiger partial charge in [-0.05, 0) is 36.4 Å². The van der Waals surface area contributed by atoms with Gasteiger partial charge in [0.1, 0.15) is 6.61 Å². The summed E-state index contributed by atoms with van der Waals surface area (Å²) in [4.78, 5) is 4.63. The molecule has 0 amide bonds. The molecule has 2 bridgehead atoms. The quantitative estimate of drug-likeness (QED) is 0.588. The van der Waals surface area contributed by atoms with Gasteiger partial charge in [0.25, 0.3) is 0 Å². The molecule has 2 unspecified atom stereocenters. The Balaban J connectivity index is 1.20. The Bertz CT molecular complexity index is 1080. The zero-order valence-corrected chi connectivity index (χ0v) is 19.0. The van der Waals surface area contributed by atoms with E-state index in [4.69, 9.17) is 14.7 Å². The van der Waals surface area contributed by atoms with Gasteiger partial charge < -0.3 is 9.47 Å². The molecule has 8 nitrogen and oxygen atoms in total. The first kappa shape index (κ1) is 23.6. The molecule has 10 heteroatoms. The molecule has 33 heavy (non-hydrogen) atoms. The smallest absolute Gasteiger partial charge is 0.240 e. The molecule has 1 N–H and O–H groups in total. The lowest BCUT2D eigenvalue weighted by atomic mass is 10.1. The second-order valence-corrected chi connectivity index (χ2v) is 9.98. The highest BCUT2D eigenvalue weighted by atomic mass is 32.2. The van der Waals surface area contributed by atoms with E-state index in [1.165, 1.54) is 30.3 Å². The van der Waals surface area contributed by atoms with Gasteiger partial charge in [0.2, 0.25) is 10.0 Å². The van der Waals surface area contributed by atoms with Crippen molar-refractivity contribution < 1.29 is 22.3 Å². The SMILES string of the molecule is N#Cc1ccc(S(=O)(=O)NCCN2CC3CN(CCOc4ccccc4F)CC(C2)O3)cc1. The van der Waals surface area contributed by atoms with Crippen molar-refractivity contribution >= 4 is 10.0 Å². The molecule has 176 valence electrons. The molecule has 0 aliphatic carbocycles. The van der Waals surface area contributed by atoms with E-state index in [0.29, 0.717) is 31.8 Å². The number of nitrogens with one attached hydrogen (secondary N) is 1. The number of nitrogens with zero attached hydrogens (tertiary/aromatic N) is 3. The molecule has 2 aliphatic heterocycles. The van der Waals surface area contributed by atoms with E-state index in [0.717, 1.165) is 26.2 Å². The van der Waals surface area contributed by atoms with Gasteiger partial charge in [0, 0.05) is 45.8 Å². The molecule has 2 aliphatic rings. The summed E-state index contributed by atoms with van der Waals surface area (Å²) in [5.41, 5.74) is 0.418. The number of benzene rings is 2. The molecule has 2 atom stereocenters. The summed E-state index contributed by atoms with van der Waals surface area (Å²) in [6.07, 6.45) is 0.0854.